The summed E-state index contributed by atoms with van der Waals surface area (Å²) in [6.45, 7) is -2.42. The molecule has 1 heterocycles. The Hall–Kier alpha value is -1.11. The molecule has 0 spiro atoms. The van der Waals surface area contributed by atoms with Gasteiger partial charge in [-0.05, 0) is 18.2 Å². The van der Waals surface area contributed by atoms with E-state index in [0.29, 0.717) is 16.6 Å². The van der Waals surface area contributed by atoms with Crippen molar-refractivity contribution in [1.82, 2.24) is 4.98 Å². The summed E-state index contributed by atoms with van der Waals surface area (Å²) in [5.41, 5.74) is 0.679. The first kappa shape index (κ1) is 14.3. The maximum absolute atomic E-state index is 12.1. The van der Waals surface area contributed by atoms with E-state index in [2.05, 4.69) is 15.0 Å². The Labute approximate surface area is 122 Å². The van der Waals surface area contributed by atoms with Gasteiger partial charge in [-0.15, -0.1) is 11.3 Å². The van der Waals surface area contributed by atoms with E-state index in [1.807, 2.05) is 0 Å². The zero-order valence-corrected chi connectivity index (χ0v) is 11.7. The van der Waals surface area contributed by atoms with Crippen LogP contribution in [0.2, 0.25) is 9.36 Å². The zero-order valence-electron chi connectivity index (χ0n) is 9.37. The summed E-state index contributed by atoms with van der Waals surface area (Å²) in [6, 6.07) is 4.49. The van der Waals surface area contributed by atoms with Crippen LogP contribution in [0.25, 0.3) is 0 Å². The Morgan fingerprint density at radius 3 is 2.74 bits per heavy atom. The van der Waals surface area contributed by atoms with E-state index in [4.69, 9.17) is 23.2 Å². The highest BCUT2D eigenvalue weighted by atomic mass is 35.5. The van der Waals surface area contributed by atoms with Crippen molar-refractivity contribution < 1.29 is 13.5 Å². The average molecular weight is 325 g/mol. The Balaban J connectivity index is 1.99. The van der Waals surface area contributed by atoms with Gasteiger partial charge in [-0.1, -0.05) is 23.2 Å². The number of benzene rings is 1. The first-order valence-electron chi connectivity index (χ1n) is 5.13. The van der Waals surface area contributed by atoms with Crippen molar-refractivity contribution in [1.29, 1.82) is 0 Å². The van der Waals surface area contributed by atoms with E-state index in [1.54, 1.807) is 12.3 Å². The molecule has 8 heteroatoms. The monoisotopic (exact) mass is 324 g/mol. The van der Waals surface area contributed by atoms with Crippen LogP contribution in [0.4, 0.5) is 14.5 Å². The summed E-state index contributed by atoms with van der Waals surface area (Å²) in [7, 11) is 0. The number of thiazole rings is 1. The summed E-state index contributed by atoms with van der Waals surface area (Å²) < 4.78 is 29.0. The molecule has 0 atom stereocenters. The lowest BCUT2D eigenvalue weighted by Gasteiger charge is -2.09. The molecule has 19 heavy (non-hydrogen) atoms. The second-order valence-electron chi connectivity index (χ2n) is 3.44. The highest BCUT2D eigenvalue weighted by Gasteiger charge is 2.09. The van der Waals surface area contributed by atoms with E-state index in [9.17, 15) is 8.78 Å². The van der Waals surface area contributed by atoms with Crippen molar-refractivity contribution in [3.8, 4) is 5.75 Å². The standard InChI is InChI=1S/C11H8Cl2F2N2OS/c12-7-3-6(1-2-8(7)18-11(14)15)16-5-10-17-4-9(13)19-10/h1-4,11,16H,5H2. The van der Waals surface area contributed by atoms with Crippen LogP contribution in [-0.2, 0) is 6.54 Å². The largest absolute Gasteiger partial charge is 0.433 e. The normalized spacial score (nSPS) is 10.8. The summed E-state index contributed by atoms with van der Waals surface area (Å²) in [5, 5.41) is 3.98. The smallest absolute Gasteiger partial charge is 0.387 e. The highest BCUT2D eigenvalue weighted by molar-refractivity contribution is 7.15. The lowest BCUT2D eigenvalue weighted by Crippen LogP contribution is -2.03. The van der Waals surface area contributed by atoms with E-state index >= 15 is 0 Å². The molecule has 0 aliphatic rings. The summed E-state index contributed by atoms with van der Waals surface area (Å²) in [5.74, 6) is -0.0560. The van der Waals surface area contributed by atoms with E-state index in [1.165, 1.54) is 23.5 Å². The van der Waals surface area contributed by atoms with Crippen LogP contribution in [0.15, 0.2) is 24.4 Å². The third kappa shape index (κ3) is 4.19. The molecule has 2 rings (SSSR count). The molecular formula is C11H8Cl2F2N2OS. The Morgan fingerprint density at radius 1 is 1.37 bits per heavy atom. The molecule has 0 radical (unpaired) electrons. The predicted octanol–water partition coefficient (Wildman–Crippen LogP) is 4.66. The van der Waals surface area contributed by atoms with Crippen molar-refractivity contribution in [2.24, 2.45) is 0 Å². The molecular weight excluding hydrogens is 317 g/mol. The van der Waals surface area contributed by atoms with Gasteiger partial charge >= 0.3 is 6.61 Å². The van der Waals surface area contributed by atoms with Gasteiger partial charge in [0.25, 0.3) is 0 Å². The molecule has 3 nitrogen and oxygen atoms in total. The number of hydrogen-bond acceptors (Lipinski definition) is 4. The number of halogens is 4. The quantitative estimate of drug-likeness (QED) is 0.868. The minimum Gasteiger partial charge on any atom is -0.433 e. The second kappa shape index (κ2) is 6.36. The van der Waals surface area contributed by atoms with Crippen LogP contribution in [0, 0.1) is 0 Å². The van der Waals surface area contributed by atoms with Crippen LogP contribution in [0.3, 0.4) is 0 Å². The van der Waals surface area contributed by atoms with Gasteiger partial charge in [-0.3, -0.25) is 0 Å². The second-order valence-corrected chi connectivity index (χ2v) is 5.59. The van der Waals surface area contributed by atoms with Crippen LogP contribution < -0.4 is 10.1 Å². The molecule has 0 aliphatic heterocycles. The number of nitrogens with one attached hydrogen (secondary N) is 1. The fourth-order valence-electron chi connectivity index (χ4n) is 1.35. The molecule has 1 aromatic carbocycles. The molecule has 0 fully saturated rings. The van der Waals surface area contributed by atoms with Crippen LogP contribution in [0.5, 0.6) is 5.75 Å². The van der Waals surface area contributed by atoms with Crippen LogP contribution in [-0.4, -0.2) is 11.6 Å². The predicted molar refractivity (Wildman–Crippen MR) is 72.5 cm³/mol. The van der Waals surface area contributed by atoms with Gasteiger partial charge < -0.3 is 10.1 Å². The summed E-state index contributed by atoms with van der Waals surface area (Å²) >= 11 is 12.9. The fourth-order valence-corrected chi connectivity index (χ4v) is 2.47. The van der Waals surface area contributed by atoms with Crippen molar-refractivity contribution in [2.75, 3.05) is 5.32 Å². The summed E-state index contributed by atoms with van der Waals surface area (Å²) in [6.07, 6.45) is 1.57. The van der Waals surface area contributed by atoms with Crippen LogP contribution >= 0.6 is 34.5 Å². The first-order chi connectivity index (χ1) is 9.04. The molecule has 0 unspecified atom stereocenters. The molecule has 0 bridgehead atoms. The SMILES string of the molecule is FC(F)Oc1ccc(NCc2ncc(Cl)s2)cc1Cl. The molecule has 0 saturated carbocycles. The van der Waals surface area contributed by atoms with Crippen molar-refractivity contribution in [3.63, 3.8) is 0 Å². The molecule has 1 aromatic heterocycles. The number of ether oxygens (including phenoxy) is 1. The van der Waals surface area contributed by atoms with Crippen LogP contribution in [0.1, 0.15) is 5.01 Å². The topological polar surface area (TPSA) is 34.1 Å². The minimum atomic E-state index is -2.89. The zero-order chi connectivity index (χ0) is 13.8. The van der Waals surface area contributed by atoms with E-state index < -0.39 is 6.61 Å². The van der Waals surface area contributed by atoms with Crippen molar-refractivity contribution >= 4 is 40.2 Å². The average Bonchev–Trinajstić information content (AvgIpc) is 2.75. The van der Waals surface area contributed by atoms with E-state index in [0.717, 1.165) is 5.01 Å². The van der Waals surface area contributed by atoms with Gasteiger partial charge in [0.15, 0.2) is 0 Å². The number of hydrogen-bond donors (Lipinski definition) is 1. The lowest BCUT2D eigenvalue weighted by atomic mass is 10.3. The van der Waals surface area contributed by atoms with Gasteiger partial charge in [-0.25, -0.2) is 4.98 Å². The van der Waals surface area contributed by atoms with Gasteiger partial charge in [0.2, 0.25) is 0 Å². The van der Waals surface area contributed by atoms with Gasteiger partial charge in [0, 0.05) is 5.69 Å². The third-order valence-electron chi connectivity index (χ3n) is 2.12. The van der Waals surface area contributed by atoms with Gasteiger partial charge in [0.05, 0.1) is 17.8 Å². The lowest BCUT2D eigenvalue weighted by molar-refractivity contribution is -0.0497. The Kier molecular flexibility index (Phi) is 4.79. The molecule has 102 valence electrons. The molecule has 1 N–H and O–H groups in total. The van der Waals surface area contributed by atoms with E-state index in [-0.39, 0.29) is 10.8 Å². The Bertz CT molecular complexity index is 565. The number of anilines is 1. The Morgan fingerprint density at radius 2 is 2.16 bits per heavy atom. The van der Waals surface area contributed by atoms with Crippen molar-refractivity contribution in [2.45, 2.75) is 13.2 Å². The summed E-state index contributed by atoms with van der Waals surface area (Å²) in [4.78, 5) is 4.08. The number of nitrogens with zero attached hydrogens (tertiary/aromatic N) is 1. The third-order valence-corrected chi connectivity index (χ3v) is 3.53. The number of rotatable bonds is 5. The van der Waals surface area contributed by atoms with Gasteiger partial charge in [0.1, 0.15) is 15.1 Å². The molecule has 0 amide bonds. The first-order valence-corrected chi connectivity index (χ1v) is 6.70. The highest BCUT2D eigenvalue weighted by Crippen LogP contribution is 2.29. The molecule has 0 aliphatic carbocycles. The van der Waals surface area contributed by atoms with Crippen molar-refractivity contribution in [3.05, 3.63) is 38.8 Å². The minimum absolute atomic E-state index is 0.0560. The molecule has 0 saturated heterocycles. The fraction of sp³-hybridized carbons (Fsp3) is 0.182. The maximum Gasteiger partial charge on any atom is 0.387 e. The number of aromatic nitrogens is 1. The maximum atomic E-state index is 12.1. The molecule has 2 aromatic rings. The van der Waals surface area contributed by atoms with Gasteiger partial charge in [-0.2, -0.15) is 8.78 Å². The number of alkyl halides is 2.